The summed E-state index contributed by atoms with van der Waals surface area (Å²) in [6.45, 7) is 1.49. The molecule has 0 radical (unpaired) electrons. The van der Waals surface area contributed by atoms with Crippen molar-refractivity contribution in [3.05, 3.63) is 88.2 Å². The molecule has 2 aromatic carbocycles. The maximum absolute atomic E-state index is 13.4. The Balaban J connectivity index is 1.51. The molecule has 0 saturated carbocycles. The second kappa shape index (κ2) is 13.2. The Labute approximate surface area is 234 Å². The van der Waals surface area contributed by atoms with E-state index in [4.69, 9.17) is 18.9 Å². The number of carbonyl (C=O) groups excluding carboxylic acids is 3. The fourth-order valence-electron chi connectivity index (χ4n) is 4.22. The number of methoxy groups -OCH3 is 1. The predicted molar refractivity (Wildman–Crippen MR) is 145 cm³/mol. The zero-order valence-electron chi connectivity index (χ0n) is 21.6. The molecule has 9 nitrogen and oxygen atoms in total. The first kappa shape index (κ1) is 28.1. The third-order valence-electron chi connectivity index (χ3n) is 6.14. The van der Waals surface area contributed by atoms with Gasteiger partial charge in [0.05, 0.1) is 19.1 Å². The van der Waals surface area contributed by atoms with Crippen molar-refractivity contribution in [1.29, 1.82) is 0 Å². The maximum atomic E-state index is 13.4. The lowest BCUT2D eigenvalue weighted by Crippen LogP contribution is -2.46. The Morgan fingerprint density at radius 3 is 2.38 bits per heavy atom. The van der Waals surface area contributed by atoms with Gasteiger partial charge in [-0.2, -0.15) is 0 Å². The Morgan fingerprint density at radius 1 is 1.05 bits per heavy atom. The van der Waals surface area contributed by atoms with Crippen molar-refractivity contribution in [2.75, 3.05) is 13.7 Å². The van der Waals surface area contributed by atoms with Gasteiger partial charge in [0.25, 0.3) is 5.91 Å². The van der Waals surface area contributed by atoms with Crippen LogP contribution in [0.5, 0.6) is 11.5 Å². The zero-order chi connectivity index (χ0) is 27.8. The van der Waals surface area contributed by atoms with Crippen LogP contribution in [-0.2, 0) is 32.1 Å². The van der Waals surface area contributed by atoms with Gasteiger partial charge in [-0.25, -0.2) is 9.78 Å². The van der Waals surface area contributed by atoms with Crippen LogP contribution in [0, 0.1) is 5.92 Å². The molecule has 1 amide bonds. The third-order valence-corrected chi connectivity index (χ3v) is 6.55. The average Bonchev–Trinajstić information content (AvgIpc) is 2.98. The molecular formula is C29H29BrN2O7. The Morgan fingerprint density at radius 2 is 1.72 bits per heavy atom. The Hall–Kier alpha value is -3.92. The van der Waals surface area contributed by atoms with Crippen molar-refractivity contribution in [1.82, 2.24) is 10.3 Å². The van der Waals surface area contributed by atoms with Crippen LogP contribution in [0.25, 0.3) is 0 Å². The van der Waals surface area contributed by atoms with E-state index >= 15 is 0 Å². The number of benzene rings is 2. The molecule has 0 spiro atoms. The van der Waals surface area contributed by atoms with Crippen LogP contribution in [0.15, 0.2) is 71.3 Å². The number of amides is 1. The van der Waals surface area contributed by atoms with Gasteiger partial charge < -0.3 is 24.3 Å². The van der Waals surface area contributed by atoms with Crippen molar-refractivity contribution < 1.29 is 33.3 Å². The van der Waals surface area contributed by atoms with E-state index in [1.54, 1.807) is 13.0 Å². The van der Waals surface area contributed by atoms with E-state index in [-0.39, 0.29) is 30.4 Å². The Bertz CT molecular complexity index is 1300. The van der Waals surface area contributed by atoms with Crippen LogP contribution in [-0.4, -0.2) is 48.7 Å². The molecule has 39 heavy (non-hydrogen) atoms. The quantitative estimate of drug-likeness (QED) is 0.303. The highest BCUT2D eigenvalue weighted by atomic mass is 79.9. The number of hydrogen-bond donors (Lipinski definition) is 1. The summed E-state index contributed by atoms with van der Waals surface area (Å²) in [5, 5.41) is 2.59. The van der Waals surface area contributed by atoms with Crippen LogP contribution in [0.2, 0.25) is 0 Å². The first-order valence-corrected chi connectivity index (χ1v) is 13.3. The summed E-state index contributed by atoms with van der Waals surface area (Å²) >= 11 is 3.28. The summed E-state index contributed by atoms with van der Waals surface area (Å²) in [7, 11) is 1.45. The molecule has 1 aliphatic heterocycles. The smallest absolute Gasteiger partial charge is 0.332 e. The second-order valence-corrected chi connectivity index (χ2v) is 9.94. The molecule has 2 heterocycles. The zero-order valence-corrected chi connectivity index (χ0v) is 23.2. The van der Waals surface area contributed by atoms with Gasteiger partial charge in [0.15, 0.2) is 23.2 Å². The lowest BCUT2D eigenvalue weighted by Gasteiger charge is -2.19. The predicted octanol–water partition coefficient (Wildman–Crippen LogP) is 4.27. The van der Waals surface area contributed by atoms with Crippen molar-refractivity contribution >= 4 is 33.8 Å². The molecule has 3 atom stereocenters. The molecule has 0 aliphatic carbocycles. The highest BCUT2D eigenvalue weighted by Gasteiger charge is 2.34. The number of hydrogen-bond acceptors (Lipinski definition) is 8. The standard InChI is InChI=1S/C29H29BrN2O7/c1-18-13-21(14-19-9-5-3-6-10-19)28(34)38-17-22(29(35)39-18)31-27(33)25-26(23(36-2)15-24(30)32-25)37-16-20-11-7-4-8-12-20/h3-12,15,18,21-22H,13-14,16-17H2,1-2H3,(H,31,33)/t18-,21-,22?/m0/s1. The first-order valence-electron chi connectivity index (χ1n) is 12.5. The van der Waals surface area contributed by atoms with Gasteiger partial charge in [-0.15, -0.1) is 0 Å². The van der Waals surface area contributed by atoms with Gasteiger partial charge in [0.1, 0.15) is 17.8 Å². The van der Waals surface area contributed by atoms with Gasteiger partial charge >= 0.3 is 11.9 Å². The van der Waals surface area contributed by atoms with Gasteiger partial charge in [-0.05, 0) is 46.8 Å². The fourth-order valence-corrected chi connectivity index (χ4v) is 4.61. The van der Waals surface area contributed by atoms with E-state index in [0.717, 1.165) is 11.1 Å². The minimum absolute atomic E-state index is 0.103. The van der Waals surface area contributed by atoms with Crippen molar-refractivity contribution in [2.45, 2.75) is 38.5 Å². The molecule has 1 aromatic heterocycles. The number of aromatic nitrogens is 1. The average molecular weight is 597 g/mol. The highest BCUT2D eigenvalue weighted by Crippen LogP contribution is 2.33. The van der Waals surface area contributed by atoms with E-state index < -0.39 is 35.9 Å². The first-order chi connectivity index (χ1) is 18.8. The van der Waals surface area contributed by atoms with Gasteiger partial charge in [-0.1, -0.05) is 60.7 Å². The maximum Gasteiger partial charge on any atom is 0.332 e. The molecule has 204 valence electrons. The molecule has 0 bridgehead atoms. The number of pyridine rings is 1. The minimum atomic E-state index is -1.24. The summed E-state index contributed by atoms with van der Waals surface area (Å²) < 4.78 is 22.7. The topological polar surface area (TPSA) is 113 Å². The number of rotatable bonds is 8. The molecule has 1 fully saturated rings. The number of cyclic esters (lactones) is 2. The molecule has 3 aromatic rings. The summed E-state index contributed by atoms with van der Waals surface area (Å²) in [5.41, 5.74) is 1.74. The summed E-state index contributed by atoms with van der Waals surface area (Å²) in [6, 6.07) is 19.3. The summed E-state index contributed by atoms with van der Waals surface area (Å²) in [4.78, 5) is 43.5. The third kappa shape index (κ3) is 7.57. The van der Waals surface area contributed by atoms with Crippen LogP contribution in [0.4, 0.5) is 0 Å². The number of nitrogens with one attached hydrogen (secondary N) is 1. The van der Waals surface area contributed by atoms with Gasteiger partial charge in [-0.3, -0.25) is 9.59 Å². The monoisotopic (exact) mass is 596 g/mol. The van der Waals surface area contributed by atoms with Crippen LogP contribution < -0.4 is 14.8 Å². The van der Waals surface area contributed by atoms with Crippen LogP contribution >= 0.6 is 15.9 Å². The Kier molecular flexibility index (Phi) is 9.54. The SMILES string of the molecule is COc1cc(Br)nc(C(=O)NC2COC(=O)[C@H](Cc3ccccc3)C[C@H](C)OC2=O)c1OCc1ccccc1. The van der Waals surface area contributed by atoms with E-state index in [9.17, 15) is 14.4 Å². The molecule has 4 rings (SSSR count). The van der Waals surface area contributed by atoms with Gasteiger partial charge in [0, 0.05) is 6.07 Å². The fraction of sp³-hybridized carbons (Fsp3) is 0.310. The number of carbonyl (C=O) groups is 3. The molecule has 1 N–H and O–H groups in total. The normalized spacial score (nSPS) is 19.5. The molecular weight excluding hydrogens is 568 g/mol. The van der Waals surface area contributed by atoms with Crippen molar-refractivity contribution in [2.24, 2.45) is 5.92 Å². The van der Waals surface area contributed by atoms with Crippen molar-refractivity contribution in [3.63, 3.8) is 0 Å². The van der Waals surface area contributed by atoms with Gasteiger partial charge in [0.2, 0.25) is 0 Å². The van der Waals surface area contributed by atoms with E-state index in [1.807, 2.05) is 60.7 Å². The number of ether oxygens (including phenoxy) is 4. The molecule has 1 unspecified atom stereocenters. The van der Waals surface area contributed by atoms with E-state index in [2.05, 4.69) is 26.2 Å². The second-order valence-electron chi connectivity index (χ2n) is 9.13. The minimum Gasteiger partial charge on any atom is -0.493 e. The molecule has 1 aliphatic rings. The summed E-state index contributed by atoms with van der Waals surface area (Å²) in [5.74, 6) is -2.01. The van der Waals surface area contributed by atoms with Crippen molar-refractivity contribution in [3.8, 4) is 11.5 Å². The lowest BCUT2D eigenvalue weighted by molar-refractivity contribution is -0.152. The van der Waals surface area contributed by atoms with Crippen LogP contribution in [0.3, 0.4) is 0 Å². The molecule has 1 saturated heterocycles. The number of nitrogens with zero attached hydrogens (tertiary/aromatic N) is 1. The molecule has 10 heteroatoms. The van der Waals surface area contributed by atoms with Crippen LogP contribution in [0.1, 0.15) is 35.0 Å². The number of halogens is 1. The van der Waals surface area contributed by atoms with E-state index in [0.29, 0.717) is 17.4 Å². The lowest BCUT2D eigenvalue weighted by atomic mass is 9.94. The largest absolute Gasteiger partial charge is 0.493 e. The van der Waals surface area contributed by atoms with E-state index in [1.165, 1.54) is 7.11 Å². The summed E-state index contributed by atoms with van der Waals surface area (Å²) in [6.07, 6.45) is 0.176. The highest BCUT2D eigenvalue weighted by molar-refractivity contribution is 9.10. The number of esters is 2.